The highest BCUT2D eigenvalue weighted by molar-refractivity contribution is 5.93. The van der Waals surface area contributed by atoms with Gasteiger partial charge in [0.05, 0.1) is 19.6 Å². The van der Waals surface area contributed by atoms with E-state index in [4.69, 9.17) is 14.2 Å². The van der Waals surface area contributed by atoms with Crippen LogP contribution in [-0.4, -0.2) is 31.3 Å². The molecule has 26 heavy (non-hydrogen) atoms. The molecule has 0 radical (unpaired) electrons. The molecule has 2 unspecified atom stereocenters. The molecule has 1 aromatic carbocycles. The van der Waals surface area contributed by atoms with Crippen molar-refractivity contribution in [3.05, 3.63) is 29.3 Å². The standard InChI is InChI=1S/C18H24O5.C2H6.CH4/c1-6-22-16(19)13-10-12(13)11-7-8-15(21-5)14(9-11)17(20)23-18(2,3)4;1-2;/h7-9,12-13H,6,10H2,1-5H3;1-2H3;1H4. The second kappa shape index (κ2) is 10.2. The lowest BCUT2D eigenvalue weighted by Crippen LogP contribution is -2.24. The quantitative estimate of drug-likeness (QED) is 0.688. The van der Waals surface area contributed by atoms with Crippen LogP contribution in [0.5, 0.6) is 5.75 Å². The van der Waals surface area contributed by atoms with Gasteiger partial charge in [0.1, 0.15) is 16.9 Å². The second-order valence-corrected chi connectivity index (χ2v) is 6.66. The van der Waals surface area contributed by atoms with Crippen LogP contribution in [0, 0.1) is 5.92 Å². The minimum atomic E-state index is -0.578. The van der Waals surface area contributed by atoms with E-state index in [1.165, 1.54) is 7.11 Å². The molecule has 1 saturated carbocycles. The molecule has 0 N–H and O–H groups in total. The zero-order valence-electron chi connectivity index (χ0n) is 16.3. The molecule has 1 aliphatic rings. The number of ether oxygens (including phenoxy) is 3. The third-order valence-electron chi connectivity index (χ3n) is 3.65. The van der Waals surface area contributed by atoms with Crippen LogP contribution in [0.1, 0.15) is 77.2 Å². The number of hydrogen-bond donors (Lipinski definition) is 0. The molecule has 2 rings (SSSR count). The Hall–Kier alpha value is -2.04. The average molecular weight is 366 g/mol. The smallest absolute Gasteiger partial charge is 0.342 e. The fourth-order valence-corrected chi connectivity index (χ4v) is 2.52. The maximum Gasteiger partial charge on any atom is 0.342 e. The van der Waals surface area contributed by atoms with Gasteiger partial charge in [0.2, 0.25) is 0 Å². The van der Waals surface area contributed by atoms with E-state index in [1.54, 1.807) is 19.1 Å². The Morgan fingerprint density at radius 1 is 1.19 bits per heavy atom. The van der Waals surface area contributed by atoms with E-state index >= 15 is 0 Å². The summed E-state index contributed by atoms with van der Waals surface area (Å²) in [5, 5.41) is 0. The Morgan fingerprint density at radius 3 is 2.31 bits per heavy atom. The lowest BCUT2D eigenvalue weighted by atomic mass is 10.0. The van der Waals surface area contributed by atoms with Gasteiger partial charge in [0.15, 0.2) is 0 Å². The average Bonchev–Trinajstić information content (AvgIpc) is 3.35. The van der Waals surface area contributed by atoms with Gasteiger partial charge in [-0.3, -0.25) is 4.79 Å². The fourth-order valence-electron chi connectivity index (χ4n) is 2.52. The highest BCUT2D eigenvalue weighted by atomic mass is 16.6. The highest BCUT2D eigenvalue weighted by Gasteiger charge is 2.45. The van der Waals surface area contributed by atoms with Crippen molar-refractivity contribution in [1.29, 1.82) is 0 Å². The van der Waals surface area contributed by atoms with Gasteiger partial charge in [-0.2, -0.15) is 0 Å². The molecule has 0 bridgehead atoms. The summed E-state index contributed by atoms with van der Waals surface area (Å²) in [6.07, 6.45) is 0.749. The lowest BCUT2D eigenvalue weighted by molar-refractivity contribution is -0.144. The third kappa shape index (κ3) is 6.36. The molecule has 148 valence electrons. The third-order valence-corrected chi connectivity index (χ3v) is 3.65. The van der Waals surface area contributed by atoms with E-state index < -0.39 is 11.6 Å². The number of hydrogen-bond acceptors (Lipinski definition) is 5. The van der Waals surface area contributed by atoms with E-state index in [-0.39, 0.29) is 25.2 Å². The van der Waals surface area contributed by atoms with Crippen molar-refractivity contribution < 1.29 is 23.8 Å². The summed E-state index contributed by atoms with van der Waals surface area (Å²) in [7, 11) is 1.52. The summed E-state index contributed by atoms with van der Waals surface area (Å²) in [4.78, 5) is 24.1. The molecule has 0 aliphatic heterocycles. The first-order valence-electron chi connectivity index (χ1n) is 8.84. The molecular formula is C21H34O5. The van der Waals surface area contributed by atoms with Crippen LogP contribution in [0.2, 0.25) is 0 Å². The highest BCUT2D eigenvalue weighted by Crippen LogP contribution is 2.48. The van der Waals surface area contributed by atoms with Crippen molar-refractivity contribution in [3.63, 3.8) is 0 Å². The van der Waals surface area contributed by atoms with E-state index in [9.17, 15) is 9.59 Å². The zero-order chi connectivity index (χ0) is 19.2. The van der Waals surface area contributed by atoms with Gasteiger partial charge in [-0.15, -0.1) is 0 Å². The van der Waals surface area contributed by atoms with E-state index in [2.05, 4.69) is 0 Å². The number of carbonyl (C=O) groups is 2. The number of methoxy groups -OCH3 is 1. The van der Waals surface area contributed by atoms with Crippen LogP contribution in [0.25, 0.3) is 0 Å². The largest absolute Gasteiger partial charge is 0.496 e. The minimum absolute atomic E-state index is 0. The molecular weight excluding hydrogens is 332 g/mol. The van der Waals surface area contributed by atoms with Crippen molar-refractivity contribution in [3.8, 4) is 5.75 Å². The van der Waals surface area contributed by atoms with Crippen molar-refractivity contribution in [1.82, 2.24) is 0 Å². The van der Waals surface area contributed by atoms with Gasteiger partial charge >= 0.3 is 11.9 Å². The summed E-state index contributed by atoms with van der Waals surface area (Å²) in [6.45, 7) is 11.6. The predicted molar refractivity (Wildman–Crippen MR) is 104 cm³/mol. The molecule has 0 heterocycles. The Bertz CT molecular complexity index is 601. The van der Waals surface area contributed by atoms with Crippen molar-refractivity contribution in [2.24, 2.45) is 5.92 Å². The fraction of sp³-hybridized carbons (Fsp3) is 0.619. The summed E-state index contributed by atoms with van der Waals surface area (Å²) >= 11 is 0. The zero-order valence-corrected chi connectivity index (χ0v) is 16.3. The Kier molecular flexibility index (Phi) is 9.39. The van der Waals surface area contributed by atoms with Crippen molar-refractivity contribution >= 4 is 11.9 Å². The minimum Gasteiger partial charge on any atom is -0.496 e. The summed E-state index contributed by atoms with van der Waals surface area (Å²) < 4.78 is 15.7. The molecule has 0 spiro atoms. The van der Waals surface area contributed by atoms with E-state index in [1.807, 2.05) is 40.7 Å². The van der Waals surface area contributed by atoms with Crippen LogP contribution in [-0.2, 0) is 14.3 Å². The molecule has 0 aromatic heterocycles. The van der Waals surface area contributed by atoms with E-state index in [0.717, 1.165) is 12.0 Å². The lowest BCUT2D eigenvalue weighted by Gasteiger charge is -2.20. The molecule has 0 amide bonds. The van der Waals surface area contributed by atoms with Gasteiger partial charge in [-0.1, -0.05) is 27.3 Å². The number of benzene rings is 1. The molecule has 5 heteroatoms. The van der Waals surface area contributed by atoms with Crippen molar-refractivity contribution in [2.45, 2.75) is 66.9 Å². The van der Waals surface area contributed by atoms with Crippen LogP contribution >= 0.6 is 0 Å². The normalized spacial score (nSPS) is 17.8. The second-order valence-electron chi connectivity index (χ2n) is 6.66. The Morgan fingerprint density at radius 2 is 1.81 bits per heavy atom. The first kappa shape index (κ1) is 24.0. The predicted octanol–water partition coefficient (Wildman–Crippen LogP) is 4.98. The number of carbonyl (C=O) groups excluding carboxylic acids is 2. The topological polar surface area (TPSA) is 61.8 Å². The first-order chi connectivity index (χ1) is 11.8. The van der Waals surface area contributed by atoms with Crippen LogP contribution in [0.4, 0.5) is 0 Å². The van der Waals surface area contributed by atoms with Gasteiger partial charge in [0, 0.05) is 0 Å². The summed E-state index contributed by atoms with van der Waals surface area (Å²) in [6, 6.07) is 5.39. The molecule has 0 saturated heterocycles. The van der Waals surface area contributed by atoms with Crippen LogP contribution in [0.3, 0.4) is 0 Å². The maximum atomic E-state index is 12.4. The molecule has 5 nitrogen and oxygen atoms in total. The molecule has 1 aliphatic carbocycles. The van der Waals surface area contributed by atoms with Gasteiger partial charge in [-0.05, 0) is 57.7 Å². The molecule has 1 aromatic rings. The molecule has 2 atom stereocenters. The van der Waals surface area contributed by atoms with Gasteiger partial charge < -0.3 is 14.2 Å². The maximum absolute atomic E-state index is 12.4. The summed E-state index contributed by atoms with van der Waals surface area (Å²) in [5.41, 5.74) is 0.740. The van der Waals surface area contributed by atoms with Crippen LogP contribution < -0.4 is 4.74 Å². The van der Waals surface area contributed by atoms with E-state index in [0.29, 0.717) is 17.9 Å². The van der Waals surface area contributed by atoms with Crippen molar-refractivity contribution in [2.75, 3.05) is 13.7 Å². The SMILES string of the molecule is C.CC.CCOC(=O)C1CC1c1ccc(OC)c(C(=O)OC(C)(C)C)c1. The van der Waals surface area contributed by atoms with Gasteiger partial charge in [0.25, 0.3) is 0 Å². The summed E-state index contributed by atoms with van der Waals surface area (Å²) in [5.74, 6) is -0.149. The van der Waals surface area contributed by atoms with Gasteiger partial charge in [-0.25, -0.2) is 4.79 Å². The monoisotopic (exact) mass is 366 g/mol. The first-order valence-corrected chi connectivity index (χ1v) is 8.84. The number of esters is 2. The molecule has 1 fully saturated rings. The van der Waals surface area contributed by atoms with Crippen LogP contribution in [0.15, 0.2) is 18.2 Å². The number of rotatable bonds is 5. The Balaban J connectivity index is 0.00000201. The Labute approximate surface area is 158 Å².